The third kappa shape index (κ3) is 3.72. The predicted molar refractivity (Wildman–Crippen MR) is 69.0 cm³/mol. The number of benzene rings is 1. The Morgan fingerprint density at radius 1 is 1.47 bits per heavy atom. The van der Waals surface area contributed by atoms with Crippen molar-refractivity contribution in [1.29, 1.82) is 0 Å². The molecule has 1 amide bonds. The van der Waals surface area contributed by atoms with Crippen LogP contribution >= 0.6 is 11.6 Å². The molecule has 1 aromatic carbocycles. The molecule has 0 saturated heterocycles. The lowest BCUT2D eigenvalue weighted by Crippen LogP contribution is -2.36. The van der Waals surface area contributed by atoms with Crippen LogP contribution in [0.25, 0.3) is 0 Å². The predicted octanol–water partition coefficient (Wildman–Crippen LogP) is 2.05. The van der Waals surface area contributed by atoms with Crippen LogP contribution in [0.1, 0.15) is 18.4 Å². The molecule has 3 nitrogen and oxygen atoms in total. The number of rotatable bonds is 5. The summed E-state index contributed by atoms with van der Waals surface area (Å²) in [4.78, 5) is 13.5. The second-order valence-corrected chi connectivity index (χ2v) is 4.90. The molecule has 4 heteroatoms. The van der Waals surface area contributed by atoms with Gasteiger partial charge in [-0.2, -0.15) is 0 Å². The Balaban J connectivity index is 1.84. The molecule has 0 spiro atoms. The number of carbonyl (C=O) groups excluding carboxylic acids is 1. The van der Waals surface area contributed by atoms with Crippen LogP contribution in [-0.4, -0.2) is 30.4 Å². The minimum Gasteiger partial charge on any atom is -0.340 e. The molecule has 17 heavy (non-hydrogen) atoms. The first-order valence-electron chi connectivity index (χ1n) is 5.87. The highest BCUT2D eigenvalue weighted by molar-refractivity contribution is 6.31. The van der Waals surface area contributed by atoms with Crippen molar-refractivity contribution in [1.82, 2.24) is 10.2 Å². The Morgan fingerprint density at radius 2 is 2.18 bits per heavy atom. The molecular weight excluding hydrogens is 236 g/mol. The van der Waals surface area contributed by atoms with E-state index in [9.17, 15) is 4.79 Å². The zero-order valence-corrected chi connectivity index (χ0v) is 10.7. The van der Waals surface area contributed by atoms with Crippen LogP contribution in [0, 0.1) is 0 Å². The van der Waals surface area contributed by atoms with Gasteiger partial charge in [0.2, 0.25) is 5.91 Å². The maximum Gasteiger partial charge on any atom is 0.236 e. The lowest BCUT2D eigenvalue weighted by Gasteiger charge is -2.18. The summed E-state index contributed by atoms with van der Waals surface area (Å²) in [7, 11) is 1.81. The average molecular weight is 253 g/mol. The van der Waals surface area contributed by atoms with Gasteiger partial charge in [-0.15, -0.1) is 0 Å². The molecule has 0 aliphatic heterocycles. The van der Waals surface area contributed by atoms with Gasteiger partial charge in [-0.25, -0.2) is 0 Å². The van der Waals surface area contributed by atoms with Crippen molar-refractivity contribution in [3.8, 4) is 0 Å². The molecule has 1 fully saturated rings. The summed E-state index contributed by atoms with van der Waals surface area (Å²) < 4.78 is 0. The number of hydrogen-bond acceptors (Lipinski definition) is 2. The summed E-state index contributed by atoms with van der Waals surface area (Å²) in [5.74, 6) is 0.108. The maximum absolute atomic E-state index is 11.8. The molecule has 1 saturated carbocycles. The van der Waals surface area contributed by atoms with Crippen molar-refractivity contribution >= 4 is 17.5 Å². The van der Waals surface area contributed by atoms with Crippen molar-refractivity contribution in [3.05, 3.63) is 34.9 Å². The van der Waals surface area contributed by atoms with Gasteiger partial charge >= 0.3 is 0 Å². The number of halogens is 1. The number of nitrogens with zero attached hydrogens (tertiary/aromatic N) is 1. The quantitative estimate of drug-likeness (QED) is 0.870. The molecule has 0 aromatic heterocycles. The first-order chi connectivity index (χ1) is 8.16. The topological polar surface area (TPSA) is 32.3 Å². The Labute approximate surface area is 107 Å². The molecule has 1 aliphatic rings. The molecule has 92 valence electrons. The number of carbonyl (C=O) groups is 1. The van der Waals surface area contributed by atoms with E-state index in [1.54, 1.807) is 11.9 Å². The summed E-state index contributed by atoms with van der Waals surface area (Å²) in [5, 5.41) is 3.92. The highest BCUT2D eigenvalue weighted by Gasteiger charge is 2.22. The highest BCUT2D eigenvalue weighted by Crippen LogP contribution is 2.18. The van der Waals surface area contributed by atoms with E-state index in [4.69, 9.17) is 11.6 Å². The van der Waals surface area contributed by atoms with E-state index in [0.29, 0.717) is 24.2 Å². The lowest BCUT2D eigenvalue weighted by molar-refractivity contribution is -0.129. The van der Waals surface area contributed by atoms with Crippen LogP contribution in [0.3, 0.4) is 0 Å². The van der Waals surface area contributed by atoms with Gasteiger partial charge in [0.15, 0.2) is 0 Å². The zero-order chi connectivity index (χ0) is 12.3. The molecule has 2 rings (SSSR count). The van der Waals surface area contributed by atoms with Gasteiger partial charge in [0.1, 0.15) is 0 Å². The van der Waals surface area contributed by atoms with Crippen molar-refractivity contribution in [2.75, 3.05) is 13.6 Å². The average Bonchev–Trinajstić information content (AvgIpc) is 3.13. The Kier molecular flexibility index (Phi) is 4.02. The van der Waals surface area contributed by atoms with E-state index in [-0.39, 0.29) is 5.91 Å². The normalized spacial score (nSPS) is 14.7. The molecule has 1 aromatic rings. The van der Waals surface area contributed by atoms with Crippen LogP contribution in [-0.2, 0) is 11.3 Å². The zero-order valence-electron chi connectivity index (χ0n) is 9.95. The van der Waals surface area contributed by atoms with Gasteiger partial charge in [-0.05, 0) is 24.5 Å². The number of amides is 1. The number of hydrogen-bond donors (Lipinski definition) is 1. The standard InChI is InChI=1S/C13H17ClN2O/c1-16(13(17)8-15-11-6-7-11)9-10-4-2-3-5-12(10)14/h2-5,11,15H,6-9H2,1H3. The van der Waals surface area contributed by atoms with Crippen LogP contribution in [0.4, 0.5) is 0 Å². The van der Waals surface area contributed by atoms with Gasteiger partial charge in [0.25, 0.3) is 0 Å². The minimum absolute atomic E-state index is 0.108. The smallest absolute Gasteiger partial charge is 0.236 e. The van der Waals surface area contributed by atoms with Gasteiger partial charge in [0, 0.05) is 24.7 Å². The van der Waals surface area contributed by atoms with Crippen LogP contribution in [0.5, 0.6) is 0 Å². The Hall–Kier alpha value is -1.06. The molecule has 0 radical (unpaired) electrons. The molecular formula is C13H17ClN2O. The fourth-order valence-corrected chi connectivity index (χ4v) is 1.82. The van der Waals surface area contributed by atoms with Gasteiger partial charge < -0.3 is 10.2 Å². The third-order valence-corrected chi connectivity index (χ3v) is 3.28. The maximum atomic E-state index is 11.8. The van der Waals surface area contributed by atoms with E-state index < -0.39 is 0 Å². The van der Waals surface area contributed by atoms with Gasteiger partial charge in [0.05, 0.1) is 6.54 Å². The second-order valence-electron chi connectivity index (χ2n) is 4.50. The van der Waals surface area contributed by atoms with E-state index in [0.717, 1.165) is 5.56 Å². The van der Waals surface area contributed by atoms with Crippen LogP contribution < -0.4 is 5.32 Å². The first-order valence-corrected chi connectivity index (χ1v) is 6.25. The van der Waals surface area contributed by atoms with Crippen molar-refractivity contribution < 1.29 is 4.79 Å². The number of likely N-dealkylation sites (N-methyl/N-ethyl adjacent to an activating group) is 1. The van der Waals surface area contributed by atoms with Crippen molar-refractivity contribution in [2.45, 2.75) is 25.4 Å². The highest BCUT2D eigenvalue weighted by atomic mass is 35.5. The van der Waals surface area contributed by atoms with Gasteiger partial charge in [-0.1, -0.05) is 29.8 Å². The summed E-state index contributed by atoms with van der Waals surface area (Å²) >= 11 is 6.06. The molecule has 0 atom stereocenters. The third-order valence-electron chi connectivity index (χ3n) is 2.91. The molecule has 1 aliphatic carbocycles. The molecule has 0 heterocycles. The lowest BCUT2D eigenvalue weighted by atomic mass is 10.2. The van der Waals surface area contributed by atoms with Crippen LogP contribution in [0.2, 0.25) is 5.02 Å². The monoisotopic (exact) mass is 252 g/mol. The SMILES string of the molecule is CN(Cc1ccccc1Cl)C(=O)CNC1CC1. The number of nitrogens with one attached hydrogen (secondary N) is 1. The second kappa shape index (κ2) is 5.52. The Bertz CT molecular complexity index is 404. The fraction of sp³-hybridized carbons (Fsp3) is 0.462. The molecule has 0 unspecified atom stereocenters. The van der Waals surface area contributed by atoms with E-state index >= 15 is 0 Å². The molecule has 1 N–H and O–H groups in total. The first kappa shape index (κ1) is 12.4. The van der Waals surface area contributed by atoms with E-state index in [1.807, 2.05) is 24.3 Å². The summed E-state index contributed by atoms with van der Waals surface area (Å²) in [5.41, 5.74) is 0.983. The summed E-state index contributed by atoms with van der Waals surface area (Å²) in [6, 6.07) is 8.18. The molecule has 0 bridgehead atoms. The Morgan fingerprint density at radius 3 is 2.82 bits per heavy atom. The van der Waals surface area contributed by atoms with Crippen molar-refractivity contribution in [3.63, 3.8) is 0 Å². The van der Waals surface area contributed by atoms with Crippen molar-refractivity contribution in [2.24, 2.45) is 0 Å². The fourth-order valence-electron chi connectivity index (χ4n) is 1.62. The van der Waals surface area contributed by atoms with Gasteiger partial charge in [-0.3, -0.25) is 4.79 Å². The minimum atomic E-state index is 0.108. The van der Waals surface area contributed by atoms with Crippen LogP contribution in [0.15, 0.2) is 24.3 Å². The van der Waals surface area contributed by atoms with E-state index in [1.165, 1.54) is 12.8 Å². The summed E-state index contributed by atoms with van der Waals surface area (Å²) in [6.07, 6.45) is 2.39. The summed E-state index contributed by atoms with van der Waals surface area (Å²) in [6.45, 7) is 0.983. The largest absolute Gasteiger partial charge is 0.340 e. The van der Waals surface area contributed by atoms with E-state index in [2.05, 4.69) is 5.32 Å².